The van der Waals surface area contributed by atoms with Crippen LogP contribution in [0.3, 0.4) is 0 Å². The fourth-order valence-electron chi connectivity index (χ4n) is 2.60. The van der Waals surface area contributed by atoms with E-state index in [2.05, 4.69) is 9.97 Å². The molecule has 0 spiro atoms. The van der Waals surface area contributed by atoms with Crippen molar-refractivity contribution in [3.05, 3.63) is 21.6 Å². The van der Waals surface area contributed by atoms with E-state index < -0.39 is 0 Å². The minimum absolute atomic E-state index is 0.0594. The van der Waals surface area contributed by atoms with Crippen molar-refractivity contribution in [3.8, 4) is 0 Å². The molecular formula is C15H23N3O3S. The summed E-state index contributed by atoms with van der Waals surface area (Å²) < 4.78 is 5.61. The molecule has 22 heavy (non-hydrogen) atoms. The fourth-order valence-corrected chi connectivity index (χ4v) is 3.02. The van der Waals surface area contributed by atoms with Gasteiger partial charge in [-0.05, 0) is 33.4 Å². The summed E-state index contributed by atoms with van der Waals surface area (Å²) in [6.07, 6.45) is 2.60. The van der Waals surface area contributed by atoms with E-state index in [0.717, 1.165) is 0 Å². The van der Waals surface area contributed by atoms with Gasteiger partial charge in [-0.2, -0.15) is 0 Å². The van der Waals surface area contributed by atoms with Gasteiger partial charge in [0.05, 0.1) is 12.2 Å². The predicted molar refractivity (Wildman–Crippen MR) is 86.3 cm³/mol. The zero-order chi connectivity index (χ0) is 16.3. The standard InChI is InChI=1S/C15H23N3O3S/c1-10-11(13(20)17-14(16-10)22-4)5-6-12(19)18-7-8-21-15(2,3)9-18/h5-9H2,1-4H3,(H,16,17,20). The first-order chi connectivity index (χ1) is 10.3. The third kappa shape index (κ3) is 4.10. The molecule has 1 aliphatic heterocycles. The Hall–Kier alpha value is -1.34. The highest BCUT2D eigenvalue weighted by Gasteiger charge is 2.29. The Morgan fingerprint density at radius 3 is 2.82 bits per heavy atom. The Kier molecular flexibility index (Phi) is 5.28. The first kappa shape index (κ1) is 17.0. The number of rotatable bonds is 4. The number of nitrogens with zero attached hydrogens (tertiary/aromatic N) is 2. The van der Waals surface area contributed by atoms with Gasteiger partial charge in [0.25, 0.3) is 5.56 Å². The molecule has 1 N–H and O–H groups in total. The lowest BCUT2D eigenvalue weighted by Gasteiger charge is -2.38. The molecule has 0 unspecified atom stereocenters. The average molecular weight is 325 g/mol. The molecule has 1 aromatic rings. The maximum atomic E-state index is 12.3. The summed E-state index contributed by atoms with van der Waals surface area (Å²) in [4.78, 5) is 33.3. The molecule has 1 amide bonds. The lowest BCUT2D eigenvalue weighted by atomic mass is 10.1. The number of H-pyrrole nitrogens is 1. The SMILES string of the molecule is CSc1nc(C)c(CCC(=O)N2CCOC(C)(C)C2)c(=O)[nH]1. The number of thioether (sulfide) groups is 1. The monoisotopic (exact) mass is 325 g/mol. The number of ether oxygens (including phenoxy) is 1. The minimum Gasteiger partial charge on any atom is -0.372 e. The van der Waals surface area contributed by atoms with Crippen molar-refractivity contribution in [3.63, 3.8) is 0 Å². The van der Waals surface area contributed by atoms with Crippen molar-refractivity contribution >= 4 is 17.7 Å². The van der Waals surface area contributed by atoms with Crippen molar-refractivity contribution in [1.82, 2.24) is 14.9 Å². The molecule has 1 aromatic heterocycles. The van der Waals surface area contributed by atoms with Gasteiger partial charge >= 0.3 is 0 Å². The number of amides is 1. The van der Waals surface area contributed by atoms with E-state index in [-0.39, 0.29) is 17.1 Å². The van der Waals surface area contributed by atoms with Gasteiger partial charge in [0.1, 0.15) is 0 Å². The number of carbonyl (C=O) groups excluding carboxylic acids is 1. The van der Waals surface area contributed by atoms with Gasteiger partial charge < -0.3 is 14.6 Å². The number of hydrogen-bond donors (Lipinski definition) is 1. The van der Waals surface area contributed by atoms with E-state index in [1.165, 1.54) is 11.8 Å². The Morgan fingerprint density at radius 1 is 1.50 bits per heavy atom. The molecule has 2 heterocycles. The largest absolute Gasteiger partial charge is 0.372 e. The third-order valence-corrected chi connectivity index (χ3v) is 4.34. The number of carbonyl (C=O) groups is 1. The van der Waals surface area contributed by atoms with Gasteiger partial charge in [-0.3, -0.25) is 9.59 Å². The summed E-state index contributed by atoms with van der Waals surface area (Å²) in [7, 11) is 0. The zero-order valence-electron chi connectivity index (χ0n) is 13.6. The number of aryl methyl sites for hydroxylation is 1. The van der Waals surface area contributed by atoms with E-state index >= 15 is 0 Å². The third-order valence-electron chi connectivity index (χ3n) is 3.76. The zero-order valence-corrected chi connectivity index (χ0v) is 14.4. The molecule has 122 valence electrons. The second-order valence-electron chi connectivity index (χ2n) is 6.06. The fraction of sp³-hybridized carbons (Fsp3) is 0.667. The second-order valence-corrected chi connectivity index (χ2v) is 6.86. The van der Waals surface area contributed by atoms with Crippen LogP contribution in [0.15, 0.2) is 9.95 Å². The van der Waals surface area contributed by atoms with Crippen molar-refractivity contribution in [2.45, 2.75) is 44.4 Å². The molecule has 0 atom stereocenters. The van der Waals surface area contributed by atoms with Gasteiger partial charge in [0.15, 0.2) is 5.16 Å². The molecule has 2 rings (SSSR count). The van der Waals surface area contributed by atoms with E-state index in [0.29, 0.717) is 49.0 Å². The second kappa shape index (κ2) is 6.83. The number of aromatic nitrogens is 2. The van der Waals surface area contributed by atoms with Crippen LogP contribution in [-0.4, -0.2) is 52.3 Å². The van der Waals surface area contributed by atoms with Gasteiger partial charge in [-0.15, -0.1) is 0 Å². The normalized spacial score (nSPS) is 17.5. The summed E-state index contributed by atoms with van der Waals surface area (Å²) in [5.41, 5.74) is 0.844. The predicted octanol–water partition coefficient (Wildman–Crippen LogP) is 1.37. The molecule has 1 saturated heterocycles. The highest BCUT2D eigenvalue weighted by atomic mass is 32.2. The maximum Gasteiger partial charge on any atom is 0.254 e. The first-order valence-corrected chi connectivity index (χ1v) is 8.60. The maximum absolute atomic E-state index is 12.3. The van der Waals surface area contributed by atoms with Gasteiger partial charge in [0.2, 0.25) is 5.91 Å². The van der Waals surface area contributed by atoms with Crippen LogP contribution in [-0.2, 0) is 16.0 Å². The van der Waals surface area contributed by atoms with Gasteiger partial charge in [0, 0.05) is 30.8 Å². The molecular weight excluding hydrogens is 302 g/mol. The summed E-state index contributed by atoms with van der Waals surface area (Å²) in [6, 6.07) is 0. The van der Waals surface area contributed by atoms with Gasteiger partial charge in [-0.25, -0.2) is 4.98 Å². The summed E-state index contributed by atoms with van der Waals surface area (Å²) in [5.74, 6) is 0.0594. The van der Waals surface area contributed by atoms with Gasteiger partial charge in [-0.1, -0.05) is 11.8 Å². The molecule has 1 fully saturated rings. The molecule has 7 heteroatoms. The van der Waals surface area contributed by atoms with Crippen LogP contribution in [0, 0.1) is 6.92 Å². The Morgan fingerprint density at radius 2 is 2.23 bits per heavy atom. The van der Waals surface area contributed by atoms with Crippen LogP contribution in [0.2, 0.25) is 0 Å². The molecule has 6 nitrogen and oxygen atoms in total. The van der Waals surface area contributed by atoms with Crippen molar-refractivity contribution in [2.75, 3.05) is 26.0 Å². The lowest BCUT2D eigenvalue weighted by Crippen LogP contribution is -2.50. The summed E-state index contributed by atoms with van der Waals surface area (Å²) in [5, 5.41) is 0.604. The van der Waals surface area contributed by atoms with Crippen molar-refractivity contribution in [1.29, 1.82) is 0 Å². The van der Waals surface area contributed by atoms with Crippen molar-refractivity contribution in [2.24, 2.45) is 0 Å². The van der Waals surface area contributed by atoms with E-state index in [1.54, 1.807) is 0 Å². The van der Waals surface area contributed by atoms with Crippen LogP contribution in [0.4, 0.5) is 0 Å². The molecule has 0 bridgehead atoms. The molecule has 0 aromatic carbocycles. The van der Waals surface area contributed by atoms with E-state index in [1.807, 2.05) is 31.9 Å². The van der Waals surface area contributed by atoms with Crippen LogP contribution in [0.25, 0.3) is 0 Å². The number of nitrogens with one attached hydrogen (secondary N) is 1. The van der Waals surface area contributed by atoms with Crippen LogP contribution >= 0.6 is 11.8 Å². The molecule has 0 radical (unpaired) electrons. The van der Waals surface area contributed by atoms with E-state index in [9.17, 15) is 9.59 Å². The highest BCUT2D eigenvalue weighted by molar-refractivity contribution is 7.98. The smallest absolute Gasteiger partial charge is 0.254 e. The average Bonchev–Trinajstić information content (AvgIpc) is 2.44. The molecule has 0 aliphatic carbocycles. The first-order valence-electron chi connectivity index (χ1n) is 7.38. The molecule has 0 saturated carbocycles. The highest BCUT2D eigenvalue weighted by Crippen LogP contribution is 2.17. The topological polar surface area (TPSA) is 75.3 Å². The number of morpholine rings is 1. The Labute approximate surface area is 134 Å². The minimum atomic E-state index is -0.303. The van der Waals surface area contributed by atoms with Crippen LogP contribution < -0.4 is 5.56 Å². The van der Waals surface area contributed by atoms with E-state index in [4.69, 9.17) is 4.74 Å². The lowest BCUT2D eigenvalue weighted by molar-refractivity contribution is -0.145. The summed E-state index contributed by atoms with van der Waals surface area (Å²) >= 11 is 1.40. The van der Waals surface area contributed by atoms with Crippen LogP contribution in [0.5, 0.6) is 0 Å². The number of aromatic amines is 1. The Balaban J connectivity index is 2.01. The Bertz CT molecular complexity index is 613. The quantitative estimate of drug-likeness (QED) is 0.668. The molecule has 1 aliphatic rings. The summed E-state index contributed by atoms with van der Waals surface area (Å²) in [6.45, 7) is 7.53. The number of hydrogen-bond acceptors (Lipinski definition) is 5. The van der Waals surface area contributed by atoms with Crippen molar-refractivity contribution < 1.29 is 9.53 Å². The van der Waals surface area contributed by atoms with Crippen LogP contribution in [0.1, 0.15) is 31.5 Å².